The summed E-state index contributed by atoms with van der Waals surface area (Å²) < 4.78 is 9.35. The number of hydrogen-bond acceptors (Lipinski definition) is 7. The Labute approximate surface area is 126 Å². The second kappa shape index (κ2) is 7.75. The van der Waals surface area contributed by atoms with Crippen LogP contribution in [0.5, 0.6) is 0 Å². The molecule has 116 valence electrons. The molecule has 0 aliphatic carbocycles. The Hall–Kier alpha value is -1.93. The monoisotopic (exact) mass is 314 g/mol. The van der Waals surface area contributed by atoms with E-state index >= 15 is 0 Å². The summed E-state index contributed by atoms with van der Waals surface area (Å²) in [5.74, 6) is -1.46. The Morgan fingerprint density at radius 3 is 2.33 bits per heavy atom. The lowest BCUT2D eigenvalue weighted by atomic mass is 10.1. The number of rotatable bonds is 6. The first-order valence-electron chi connectivity index (χ1n) is 6.26. The van der Waals surface area contributed by atoms with E-state index in [-0.39, 0.29) is 27.8 Å². The fraction of sp³-hybridized carbons (Fsp3) is 0.462. The van der Waals surface area contributed by atoms with Crippen LogP contribution in [0.1, 0.15) is 38.4 Å². The van der Waals surface area contributed by atoms with Crippen LogP contribution in [0.25, 0.3) is 0 Å². The molecule has 8 heteroatoms. The van der Waals surface area contributed by atoms with Gasteiger partial charge in [-0.05, 0) is 25.5 Å². The van der Waals surface area contributed by atoms with E-state index in [4.69, 9.17) is 10.5 Å². The summed E-state index contributed by atoms with van der Waals surface area (Å²) in [6.45, 7) is 2.00. The van der Waals surface area contributed by atoms with Gasteiger partial charge in [0.25, 0.3) is 0 Å². The zero-order chi connectivity index (χ0) is 16.0. The predicted molar refractivity (Wildman–Crippen MR) is 78.7 cm³/mol. The third-order valence-corrected chi connectivity index (χ3v) is 3.96. The van der Waals surface area contributed by atoms with Crippen LogP contribution in [0.4, 0.5) is 5.00 Å². The summed E-state index contributed by atoms with van der Waals surface area (Å²) in [5.41, 5.74) is 5.94. The van der Waals surface area contributed by atoms with Crippen molar-refractivity contribution in [1.82, 2.24) is 0 Å². The minimum absolute atomic E-state index is 0.170. The number of carbonyl (C=O) groups excluding carboxylic acids is 3. The molecule has 1 aromatic rings. The quantitative estimate of drug-likeness (QED) is 0.766. The molecule has 21 heavy (non-hydrogen) atoms. The molecule has 7 nitrogen and oxygen atoms in total. The molecule has 0 saturated heterocycles. The van der Waals surface area contributed by atoms with Crippen molar-refractivity contribution in [1.29, 1.82) is 0 Å². The fourth-order valence-corrected chi connectivity index (χ4v) is 2.82. The average molecular weight is 314 g/mol. The van der Waals surface area contributed by atoms with Crippen molar-refractivity contribution in [2.24, 2.45) is 5.73 Å². The van der Waals surface area contributed by atoms with Gasteiger partial charge in [-0.25, -0.2) is 9.59 Å². The predicted octanol–water partition coefficient (Wildman–Crippen LogP) is 1.31. The molecule has 0 radical (unpaired) electrons. The SMILES string of the molecule is COC(=O)c1sc(NC(=O)CCCN)c(C(=O)OC)c1C. The van der Waals surface area contributed by atoms with Crippen molar-refractivity contribution in [3.05, 3.63) is 16.0 Å². The summed E-state index contributed by atoms with van der Waals surface area (Å²) >= 11 is 0.986. The summed E-state index contributed by atoms with van der Waals surface area (Å²) in [5, 5.41) is 2.90. The Balaban J connectivity index is 3.14. The number of methoxy groups -OCH3 is 2. The van der Waals surface area contributed by atoms with Crippen LogP contribution in [0.3, 0.4) is 0 Å². The van der Waals surface area contributed by atoms with Gasteiger partial charge >= 0.3 is 11.9 Å². The number of amides is 1. The molecule has 0 atom stereocenters. The number of carbonyl (C=O) groups is 3. The van der Waals surface area contributed by atoms with Crippen LogP contribution >= 0.6 is 11.3 Å². The van der Waals surface area contributed by atoms with Gasteiger partial charge < -0.3 is 20.5 Å². The molecule has 0 spiro atoms. The van der Waals surface area contributed by atoms with Crippen LogP contribution in [0.2, 0.25) is 0 Å². The van der Waals surface area contributed by atoms with Crippen LogP contribution in [0.15, 0.2) is 0 Å². The molecule has 0 aliphatic heterocycles. The molecule has 1 aromatic heterocycles. The van der Waals surface area contributed by atoms with Crippen molar-refractivity contribution in [2.45, 2.75) is 19.8 Å². The average Bonchev–Trinajstić information content (AvgIpc) is 2.80. The van der Waals surface area contributed by atoms with Gasteiger partial charge in [-0.3, -0.25) is 4.79 Å². The highest BCUT2D eigenvalue weighted by Gasteiger charge is 2.26. The summed E-state index contributed by atoms with van der Waals surface area (Å²) in [6, 6.07) is 0. The maximum atomic E-state index is 11.8. The molecule has 0 aliphatic rings. The minimum Gasteiger partial charge on any atom is -0.465 e. The third kappa shape index (κ3) is 4.02. The normalized spacial score (nSPS) is 10.1. The van der Waals surface area contributed by atoms with E-state index in [0.717, 1.165) is 11.3 Å². The maximum absolute atomic E-state index is 11.8. The van der Waals surface area contributed by atoms with Crippen LogP contribution in [-0.4, -0.2) is 38.6 Å². The minimum atomic E-state index is -0.618. The van der Waals surface area contributed by atoms with Gasteiger partial charge in [0.15, 0.2) is 0 Å². The van der Waals surface area contributed by atoms with Gasteiger partial charge in [0.2, 0.25) is 5.91 Å². The van der Waals surface area contributed by atoms with E-state index in [9.17, 15) is 14.4 Å². The van der Waals surface area contributed by atoms with E-state index in [2.05, 4.69) is 10.1 Å². The maximum Gasteiger partial charge on any atom is 0.348 e. The van der Waals surface area contributed by atoms with E-state index in [1.165, 1.54) is 14.2 Å². The number of esters is 2. The number of ether oxygens (including phenoxy) is 2. The lowest BCUT2D eigenvalue weighted by molar-refractivity contribution is -0.116. The van der Waals surface area contributed by atoms with Gasteiger partial charge in [0.05, 0.1) is 19.8 Å². The van der Waals surface area contributed by atoms with Crippen LogP contribution in [0, 0.1) is 6.92 Å². The highest BCUT2D eigenvalue weighted by atomic mass is 32.1. The van der Waals surface area contributed by atoms with E-state index < -0.39 is 11.9 Å². The van der Waals surface area contributed by atoms with Crippen molar-refractivity contribution >= 4 is 34.2 Å². The first-order valence-corrected chi connectivity index (χ1v) is 7.07. The molecule has 0 bridgehead atoms. The number of hydrogen-bond donors (Lipinski definition) is 2. The number of nitrogens with two attached hydrogens (primary N) is 1. The molecule has 3 N–H and O–H groups in total. The Morgan fingerprint density at radius 1 is 1.19 bits per heavy atom. The topological polar surface area (TPSA) is 108 Å². The third-order valence-electron chi connectivity index (χ3n) is 2.77. The number of thiophene rings is 1. The molecule has 1 heterocycles. The molecule has 0 saturated carbocycles. The van der Waals surface area contributed by atoms with E-state index in [1.54, 1.807) is 6.92 Å². The lowest BCUT2D eigenvalue weighted by Gasteiger charge is -2.05. The first kappa shape index (κ1) is 17.1. The zero-order valence-electron chi connectivity index (χ0n) is 12.1. The van der Waals surface area contributed by atoms with Gasteiger partial charge in [0, 0.05) is 6.42 Å². The Morgan fingerprint density at radius 2 is 1.81 bits per heavy atom. The highest BCUT2D eigenvalue weighted by Crippen LogP contribution is 2.34. The standard InChI is InChI=1S/C13H18N2O5S/c1-7-9(12(17)19-2)11(15-8(16)5-4-6-14)21-10(7)13(18)20-3/h4-6,14H2,1-3H3,(H,15,16). The number of nitrogens with one attached hydrogen (secondary N) is 1. The van der Waals surface area contributed by atoms with Crippen molar-refractivity contribution in [3.63, 3.8) is 0 Å². The van der Waals surface area contributed by atoms with Crippen molar-refractivity contribution in [3.8, 4) is 0 Å². The molecule has 1 rings (SSSR count). The molecule has 0 fully saturated rings. The fourth-order valence-electron chi connectivity index (χ4n) is 1.69. The smallest absolute Gasteiger partial charge is 0.348 e. The lowest BCUT2D eigenvalue weighted by Crippen LogP contribution is -2.15. The van der Waals surface area contributed by atoms with Crippen LogP contribution in [-0.2, 0) is 14.3 Å². The van der Waals surface area contributed by atoms with Crippen molar-refractivity contribution < 1.29 is 23.9 Å². The molecule has 1 amide bonds. The largest absolute Gasteiger partial charge is 0.465 e. The van der Waals surface area contributed by atoms with Gasteiger partial charge in [0.1, 0.15) is 9.88 Å². The first-order chi connectivity index (χ1) is 9.96. The molecular formula is C13H18N2O5S. The molecule has 0 aromatic carbocycles. The van der Waals surface area contributed by atoms with Crippen molar-refractivity contribution in [2.75, 3.05) is 26.1 Å². The summed E-state index contributed by atoms with van der Waals surface area (Å²) in [6.07, 6.45) is 0.773. The van der Waals surface area contributed by atoms with E-state index in [1.807, 2.05) is 0 Å². The molecule has 0 unspecified atom stereocenters. The highest BCUT2D eigenvalue weighted by molar-refractivity contribution is 7.18. The summed E-state index contributed by atoms with van der Waals surface area (Å²) in [7, 11) is 2.48. The second-order valence-electron chi connectivity index (χ2n) is 4.18. The van der Waals surface area contributed by atoms with Gasteiger partial charge in [-0.1, -0.05) is 0 Å². The van der Waals surface area contributed by atoms with E-state index in [0.29, 0.717) is 18.5 Å². The zero-order valence-corrected chi connectivity index (χ0v) is 13.0. The van der Waals surface area contributed by atoms with Gasteiger partial charge in [-0.15, -0.1) is 11.3 Å². The second-order valence-corrected chi connectivity index (χ2v) is 5.20. The van der Waals surface area contributed by atoms with Gasteiger partial charge in [-0.2, -0.15) is 0 Å². The Kier molecular flexibility index (Phi) is 6.32. The summed E-state index contributed by atoms with van der Waals surface area (Å²) in [4.78, 5) is 35.5. The number of anilines is 1. The van der Waals surface area contributed by atoms with Crippen LogP contribution < -0.4 is 11.1 Å². The molecular weight excluding hydrogens is 296 g/mol. The Bertz CT molecular complexity index is 553.